The van der Waals surface area contributed by atoms with Gasteiger partial charge in [0.05, 0.1) is 12.1 Å². The maximum absolute atomic E-state index is 12.4. The van der Waals surface area contributed by atoms with E-state index < -0.39 is 5.54 Å². The third kappa shape index (κ3) is 2.73. The van der Waals surface area contributed by atoms with Crippen LogP contribution in [-0.4, -0.2) is 41.7 Å². The van der Waals surface area contributed by atoms with Crippen LogP contribution in [0.1, 0.15) is 36.2 Å². The first-order valence-electron chi connectivity index (χ1n) is 6.71. The molecule has 1 amide bonds. The molecular weight excluding hydrogens is 240 g/mol. The number of benzene rings is 1. The van der Waals surface area contributed by atoms with E-state index in [9.17, 15) is 9.90 Å². The lowest BCUT2D eigenvalue weighted by atomic mass is 9.98. The topological polar surface area (TPSA) is 52.6 Å². The van der Waals surface area contributed by atoms with Crippen LogP contribution in [-0.2, 0) is 6.42 Å². The van der Waals surface area contributed by atoms with Gasteiger partial charge < -0.3 is 15.3 Å². The molecule has 1 aromatic rings. The summed E-state index contributed by atoms with van der Waals surface area (Å²) in [4.78, 5) is 14.0. The molecule has 0 bridgehead atoms. The summed E-state index contributed by atoms with van der Waals surface area (Å²) in [5.74, 6) is -0.0487. The Labute approximate surface area is 114 Å². The lowest BCUT2D eigenvalue weighted by Crippen LogP contribution is -2.47. The van der Waals surface area contributed by atoms with Crippen molar-refractivity contribution in [3.63, 3.8) is 0 Å². The number of fused-ring (bicyclic) bond motifs is 1. The van der Waals surface area contributed by atoms with Gasteiger partial charge in [-0.1, -0.05) is 0 Å². The van der Waals surface area contributed by atoms with E-state index in [0.29, 0.717) is 5.56 Å². The van der Waals surface area contributed by atoms with Crippen LogP contribution < -0.4 is 5.32 Å². The van der Waals surface area contributed by atoms with Crippen LogP contribution in [0.15, 0.2) is 18.2 Å². The van der Waals surface area contributed by atoms with Crippen molar-refractivity contribution in [2.75, 3.05) is 25.5 Å². The number of nitrogens with zero attached hydrogens (tertiary/aromatic N) is 1. The molecule has 0 saturated heterocycles. The normalized spacial score (nSPS) is 14.5. The van der Waals surface area contributed by atoms with Gasteiger partial charge in [-0.05, 0) is 50.5 Å². The Kier molecular flexibility index (Phi) is 3.80. The first-order valence-corrected chi connectivity index (χ1v) is 6.71. The van der Waals surface area contributed by atoms with Crippen molar-refractivity contribution in [3.8, 4) is 0 Å². The van der Waals surface area contributed by atoms with Crippen LogP contribution in [0.4, 0.5) is 5.69 Å². The third-order valence-corrected chi connectivity index (χ3v) is 3.89. The highest BCUT2D eigenvalue weighted by molar-refractivity contribution is 5.95. The fourth-order valence-electron chi connectivity index (χ4n) is 2.18. The van der Waals surface area contributed by atoms with E-state index in [-0.39, 0.29) is 12.5 Å². The Balaban J connectivity index is 2.24. The van der Waals surface area contributed by atoms with Gasteiger partial charge in [0, 0.05) is 24.8 Å². The number of carbonyl (C=O) groups excluding carboxylic acids is 1. The van der Waals surface area contributed by atoms with Gasteiger partial charge in [0.1, 0.15) is 0 Å². The molecule has 2 rings (SSSR count). The van der Waals surface area contributed by atoms with Gasteiger partial charge >= 0.3 is 0 Å². The van der Waals surface area contributed by atoms with Crippen molar-refractivity contribution in [2.24, 2.45) is 0 Å². The molecular formula is C15H22N2O2. The molecule has 0 saturated carbocycles. The first-order chi connectivity index (χ1) is 8.95. The maximum atomic E-state index is 12.4. The number of nitrogens with one attached hydrogen (secondary N) is 1. The van der Waals surface area contributed by atoms with Gasteiger partial charge in [0.2, 0.25) is 0 Å². The summed E-state index contributed by atoms with van der Waals surface area (Å²) >= 11 is 0. The molecule has 1 aliphatic rings. The van der Waals surface area contributed by atoms with Gasteiger partial charge in [-0.3, -0.25) is 4.79 Å². The molecule has 19 heavy (non-hydrogen) atoms. The molecule has 104 valence electrons. The number of hydrogen-bond donors (Lipinski definition) is 2. The lowest BCUT2D eigenvalue weighted by molar-refractivity contribution is 0.0473. The average molecular weight is 262 g/mol. The molecule has 4 heteroatoms. The zero-order valence-corrected chi connectivity index (χ0v) is 11.9. The molecule has 1 aliphatic heterocycles. The quantitative estimate of drug-likeness (QED) is 0.874. The molecule has 0 spiro atoms. The summed E-state index contributed by atoms with van der Waals surface area (Å²) in [6.45, 7) is 4.65. The second-order valence-electron chi connectivity index (χ2n) is 5.74. The highest BCUT2D eigenvalue weighted by Crippen LogP contribution is 2.24. The number of aliphatic hydroxyl groups excluding tert-OH is 1. The first kappa shape index (κ1) is 13.9. The van der Waals surface area contributed by atoms with Crippen molar-refractivity contribution >= 4 is 11.6 Å². The number of aliphatic hydroxyl groups is 1. The third-order valence-electron chi connectivity index (χ3n) is 3.89. The second kappa shape index (κ2) is 5.21. The Morgan fingerprint density at radius 3 is 2.89 bits per heavy atom. The monoisotopic (exact) mass is 262 g/mol. The highest BCUT2D eigenvalue weighted by atomic mass is 16.3. The molecule has 1 heterocycles. The summed E-state index contributed by atoms with van der Waals surface area (Å²) in [6.07, 6.45) is 2.11. The average Bonchev–Trinajstić information content (AvgIpc) is 2.45. The summed E-state index contributed by atoms with van der Waals surface area (Å²) in [5.41, 5.74) is 2.47. The van der Waals surface area contributed by atoms with E-state index in [1.807, 2.05) is 32.0 Å². The number of anilines is 1. The smallest absolute Gasteiger partial charge is 0.254 e. The van der Waals surface area contributed by atoms with Crippen LogP contribution in [0.2, 0.25) is 0 Å². The fraction of sp³-hybridized carbons (Fsp3) is 0.533. The minimum atomic E-state index is -0.550. The Hall–Kier alpha value is -1.55. The number of likely N-dealkylation sites (N-methyl/N-ethyl adjacent to an activating group) is 1. The van der Waals surface area contributed by atoms with Crippen LogP contribution in [0, 0.1) is 0 Å². The van der Waals surface area contributed by atoms with Gasteiger partial charge in [-0.15, -0.1) is 0 Å². The predicted octanol–water partition coefficient (Wildman–Crippen LogP) is 1.89. The molecule has 0 radical (unpaired) electrons. The van der Waals surface area contributed by atoms with Gasteiger partial charge in [0.25, 0.3) is 5.91 Å². The van der Waals surface area contributed by atoms with Gasteiger partial charge in [-0.2, -0.15) is 0 Å². The molecule has 0 aromatic heterocycles. The number of hydrogen-bond acceptors (Lipinski definition) is 3. The zero-order chi connectivity index (χ0) is 14.0. The Bertz CT molecular complexity index is 483. The second-order valence-corrected chi connectivity index (χ2v) is 5.74. The van der Waals surface area contributed by atoms with E-state index in [1.54, 1.807) is 11.9 Å². The number of amides is 1. The largest absolute Gasteiger partial charge is 0.394 e. The number of carbonyl (C=O) groups is 1. The summed E-state index contributed by atoms with van der Waals surface area (Å²) in [7, 11) is 1.73. The molecule has 0 atom stereocenters. The van der Waals surface area contributed by atoms with Crippen molar-refractivity contribution in [3.05, 3.63) is 29.3 Å². The number of aryl methyl sites for hydroxylation is 1. The van der Waals surface area contributed by atoms with E-state index in [0.717, 1.165) is 25.1 Å². The summed E-state index contributed by atoms with van der Waals surface area (Å²) < 4.78 is 0. The Morgan fingerprint density at radius 1 is 1.47 bits per heavy atom. The van der Waals surface area contributed by atoms with E-state index in [1.165, 1.54) is 5.56 Å². The molecule has 1 aromatic carbocycles. The van der Waals surface area contributed by atoms with Crippen LogP contribution in [0.5, 0.6) is 0 Å². The SMILES string of the molecule is CN(C(=O)c1ccc2c(c1)CCCN2)C(C)(C)CO. The molecule has 0 unspecified atom stereocenters. The summed E-state index contributed by atoms with van der Waals surface area (Å²) in [5, 5.41) is 12.7. The van der Waals surface area contributed by atoms with Crippen LogP contribution >= 0.6 is 0 Å². The molecule has 0 aliphatic carbocycles. The van der Waals surface area contributed by atoms with Crippen molar-refractivity contribution in [1.29, 1.82) is 0 Å². The Morgan fingerprint density at radius 2 is 2.21 bits per heavy atom. The van der Waals surface area contributed by atoms with Gasteiger partial charge in [-0.25, -0.2) is 0 Å². The minimum absolute atomic E-state index is 0.0487. The molecule has 0 fully saturated rings. The van der Waals surface area contributed by atoms with E-state index in [4.69, 9.17) is 0 Å². The van der Waals surface area contributed by atoms with Crippen molar-refractivity contribution in [2.45, 2.75) is 32.2 Å². The molecule has 4 nitrogen and oxygen atoms in total. The van der Waals surface area contributed by atoms with Gasteiger partial charge in [0.15, 0.2) is 0 Å². The van der Waals surface area contributed by atoms with Crippen LogP contribution in [0.25, 0.3) is 0 Å². The minimum Gasteiger partial charge on any atom is -0.394 e. The standard InChI is InChI=1S/C15H22N2O2/c1-15(2,10-18)17(3)14(19)12-6-7-13-11(9-12)5-4-8-16-13/h6-7,9,16,18H,4-5,8,10H2,1-3H3. The van der Waals surface area contributed by atoms with Crippen molar-refractivity contribution < 1.29 is 9.90 Å². The maximum Gasteiger partial charge on any atom is 0.254 e. The van der Waals surface area contributed by atoms with E-state index in [2.05, 4.69) is 5.32 Å². The predicted molar refractivity (Wildman–Crippen MR) is 76.5 cm³/mol. The van der Waals surface area contributed by atoms with E-state index >= 15 is 0 Å². The zero-order valence-electron chi connectivity index (χ0n) is 11.9. The highest BCUT2D eigenvalue weighted by Gasteiger charge is 2.27. The van der Waals surface area contributed by atoms with Crippen LogP contribution in [0.3, 0.4) is 0 Å². The lowest BCUT2D eigenvalue weighted by Gasteiger charge is -2.34. The molecule has 2 N–H and O–H groups in total. The summed E-state index contributed by atoms with van der Waals surface area (Å²) in [6, 6.07) is 5.79. The van der Waals surface area contributed by atoms with Crippen molar-refractivity contribution in [1.82, 2.24) is 4.90 Å². The fourth-order valence-corrected chi connectivity index (χ4v) is 2.18. The number of rotatable bonds is 3.